The summed E-state index contributed by atoms with van der Waals surface area (Å²) < 4.78 is 60.1. The Balaban J connectivity index is 1.86. The van der Waals surface area contributed by atoms with Gasteiger partial charge < -0.3 is 19.1 Å². The standard InChI is InChI=1S/C29H28F3N3O4S/c1-34(20-12-14-25(37-2)26(16-20)38-3)28-24(13-15-27(36)39-4)35(19-10-8-18(30)9-11-19)29(33-28)40-17-21-22(31)6-5-7-23(21)32/h5-12,14,16H,13,15,17H2,1-4H3. The molecule has 0 amide bonds. The van der Waals surface area contributed by atoms with Crippen LogP contribution in [0.25, 0.3) is 5.69 Å². The summed E-state index contributed by atoms with van der Waals surface area (Å²) in [5.74, 6) is -0.693. The van der Waals surface area contributed by atoms with Crippen LogP contribution in [0.3, 0.4) is 0 Å². The number of imidazole rings is 1. The third-order valence-electron chi connectivity index (χ3n) is 6.28. The van der Waals surface area contributed by atoms with E-state index in [0.717, 1.165) is 11.8 Å². The highest BCUT2D eigenvalue weighted by Gasteiger charge is 2.24. The second kappa shape index (κ2) is 12.8. The van der Waals surface area contributed by atoms with Gasteiger partial charge in [0.05, 0.1) is 33.4 Å². The zero-order valence-corrected chi connectivity index (χ0v) is 23.2. The average molecular weight is 572 g/mol. The molecule has 3 aromatic carbocycles. The SMILES string of the molecule is COC(=O)CCc1c(N(C)c2ccc(OC)c(OC)c2)nc(SCc2c(F)cccc2F)n1-c1ccc(F)cc1. The lowest BCUT2D eigenvalue weighted by molar-refractivity contribution is -0.140. The van der Waals surface area contributed by atoms with Gasteiger partial charge >= 0.3 is 5.97 Å². The predicted molar refractivity (Wildman–Crippen MR) is 147 cm³/mol. The summed E-state index contributed by atoms with van der Waals surface area (Å²) in [5.41, 5.74) is 1.80. The van der Waals surface area contributed by atoms with Gasteiger partial charge in [0.1, 0.15) is 17.5 Å². The molecule has 0 saturated carbocycles. The molecular weight excluding hydrogens is 543 g/mol. The van der Waals surface area contributed by atoms with E-state index < -0.39 is 23.4 Å². The fourth-order valence-corrected chi connectivity index (χ4v) is 5.20. The Morgan fingerprint density at radius 2 is 1.62 bits per heavy atom. The highest BCUT2D eigenvalue weighted by atomic mass is 32.2. The first-order valence-electron chi connectivity index (χ1n) is 12.2. The third kappa shape index (κ3) is 6.20. The highest BCUT2D eigenvalue weighted by molar-refractivity contribution is 7.98. The number of carbonyl (C=O) groups excluding carboxylic acids is 1. The minimum atomic E-state index is -0.666. The van der Waals surface area contributed by atoms with Crippen LogP contribution >= 0.6 is 11.8 Å². The Kier molecular flexibility index (Phi) is 9.26. The van der Waals surface area contributed by atoms with Crippen LogP contribution in [0.1, 0.15) is 17.7 Å². The molecule has 1 heterocycles. The van der Waals surface area contributed by atoms with Crippen molar-refractivity contribution in [2.75, 3.05) is 33.3 Å². The number of carbonyl (C=O) groups is 1. The summed E-state index contributed by atoms with van der Waals surface area (Å²) >= 11 is 1.12. The van der Waals surface area contributed by atoms with E-state index in [1.54, 1.807) is 43.0 Å². The predicted octanol–water partition coefficient (Wildman–Crippen LogP) is 6.47. The number of ether oxygens (including phenoxy) is 3. The molecule has 0 saturated heterocycles. The minimum Gasteiger partial charge on any atom is -0.493 e. The number of anilines is 2. The van der Waals surface area contributed by atoms with E-state index in [4.69, 9.17) is 19.2 Å². The number of hydrogen-bond acceptors (Lipinski definition) is 7. The first kappa shape index (κ1) is 28.9. The zero-order valence-electron chi connectivity index (χ0n) is 22.4. The van der Waals surface area contributed by atoms with Crippen molar-refractivity contribution in [3.63, 3.8) is 0 Å². The van der Waals surface area contributed by atoms with Gasteiger partial charge in [-0.05, 0) is 48.5 Å². The summed E-state index contributed by atoms with van der Waals surface area (Å²) in [4.78, 5) is 18.8. The Morgan fingerprint density at radius 3 is 2.25 bits per heavy atom. The van der Waals surface area contributed by atoms with E-state index >= 15 is 0 Å². The normalized spacial score (nSPS) is 10.9. The molecule has 0 bridgehead atoms. The Bertz CT molecular complexity index is 1470. The average Bonchev–Trinajstić information content (AvgIpc) is 3.33. The highest BCUT2D eigenvalue weighted by Crippen LogP contribution is 2.38. The number of hydrogen-bond donors (Lipinski definition) is 0. The molecule has 4 rings (SSSR count). The number of methoxy groups -OCH3 is 3. The number of aromatic nitrogens is 2. The Hall–Kier alpha value is -4.12. The first-order chi connectivity index (χ1) is 19.3. The molecule has 0 radical (unpaired) electrons. The number of nitrogens with zero attached hydrogens (tertiary/aromatic N) is 3. The summed E-state index contributed by atoms with van der Waals surface area (Å²) in [6.07, 6.45) is 0.265. The van der Waals surface area contributed by atoms with Gasteiger partial charge in [0.2, 0.25) is 0 Å². The quantitative estimate of drug-likeness (QED) is 0.151. The molecule has 7 nitrogen and oxygen atoms in total. The van der Waals surface area contributed by atoms with Crippen molar-refractivity contribution >= 4 is 29.2 Å². The molecular formula is C29H28F3N3O4S. The Morgan fingerprint density at radius 1 is 0.950 bits per heavy atom. The minimum absolute atomic E-state index is 0.0439. The molecule has 11 heteroatoms. The lowest BCUT2D eigenvalue weighted by Gasteiger charge is -2.21. The topological polar surface area (TPSA) is 65.8 Å². The molecule has 40 heavy (non-hydrogen) atoms. The first-order valence-corrected chi connectivity index (χ1v) is 13.2. The van der Waals surface area contributed by atoms with Gasteiger partial charge in [-0.25, -0.2) is 18.2 Å². The molecule has 0 aliphatic rings. The lowest BCUT2D eigenvalue weighted by Crippen LogP contribution is -2.14. The maximum absolute atomic E-state index is 14.4. The fourth-order valence-electron chi connectivity index (χ4n) is 4.15. The zero-order chi connectivity index (χ0) is 28.8. The van der Waals surface area contributed by atoms with Crippen molar-refractivity contribution < 1.29 is 32.2 Å². The maximum Gasteiger partial charge on any atom is 0.305 e. The van der Waals surface area contributed by atoms with Crippen LogP contribution in [0.15, 0.2) is 65.8 Å². The second-order valence-corrected chi connectivity index (χ2v) is 9.58. The van der Waals surface area contributed by atoms with Crippen LogP contribution < -0.4 is 14.4 Å². The van der Waals surface area contributed by atoms with Crippen LogP contribution in [0, 0.1) is 17.5 Å². The van der Waals surface area contributed by atoms with Gasteiger partial charge in [-0.1, -0.05) is 17.8 Å². The summed E-state index contributed by atoms with van der Waals surface area (Å²) in [5, 5.41) is 0.399. The summed E-state index contributed by atoms with van der Waals surface area (Å²) in [6, 6.07) is 14.8. The van der Waals surface area contributed by atoms with Crippen LogP contribution in [-0.2, 0) is 21.7 Å². The number of halogens is 3. The largest absolute Gasteiger partial charge is 0.493 e. The number of rotatable bonds is 11. The maximum atomic E-state index is 14.4. The third-order valence-corrected chi connectivity index (χ3v) is 7.24. The summed E-state index contributed by atoms with van der Waals surface area (Å²) in [7, 11) is 6.17. The van der Waals surface area contributed by atoms with Crippen molar-refractivity contribution in [2.24, 2.45) is 0 Å². The van der Waals surface area contributed by atoms with Gasteiger partial charge in [0.25, 0.3) is 0 Å². The van der Waals surface area contributed by atoms with Crippen LogP contribution in [-0.4, -0.2) is 43.9 Å². The summed E-state index contributed by atoms with van der Waals surface area (Å²) in [6.45, 7) is 0. The fraction of sp³-hybridized carbons (Fsp3) is 0.241. The van der Waals surface area contributed by atoms with E-state index in [2.05, 4.69) is 0 Å². The molecule has 0 aliphatic carbocycles. The van der Waals surface area contributed by atoms with Gasteiger partial charge in [-0.2, -0.15) is 0 Å². The van der Waals surface area contributed by atoms with E-state index in [-0.39, 0.29) is 24.2 Å². The smallest absolute Gasteiger partial charge is 0.305 e. The molecule has 210 valence electrons. The Labute approximate surface area is 234 Å². The molecule has 0 unspecified atom stereocenters. The van der Waals surface area contributed by atoms with Gasteiger partial charge in [-0.3, -0.25) is 9.36 Å². The molecule has 0 aliphatic heterocycles. The van der Waals surface area contributed by atoms with E-state index in [1.165, 1.54) is 44.6 Å². The molecule has 0 atom stereocenters. The van der Waals surface area contributed by atoms with Crippen molar-refractivity contribution in [1.29, 1.82) is 0 Å². The molecule has 0 N–H and O–H groups in total. The molecule has 0 fully saturated rings. The molecule has 0 spiro atoms. The van der Waals surface area contributed by atoms with Gasteiger partial charge in [-0.15, -0.1) is 0 Å². The second-order valence-electron chi connectivity index (χ2n) is 8.64. The van der Waals surface area contributed by atoms with Crippen LogP contribution in [0.5, 0.6) is 11.5 Å². The van der Waals surface area contributed by atoms with Gasteiger partial charge in [0.15, 0.2) is 22.5 Å². The molecule has 1 aromatic heterocycles. The number of esters is 1. The number of benzene rings is 3. The van der Waals surface area contributed by atoms with Crippen molar-refractivity contribution in [1.82, 2.24) is 9.55 Å². The number of thioether (sulfide) groups is 1. The van der Waals surface area contributed by atoms with E-state index in [9.17, 15) is 18.0 Å². The van der Waals surface area contributed by atoms with Gasteiger partial charge in [0, 0.05) is 42.2 Å². The van der Waals surface area contributed by atoms with Crippen molar-refractivity contribution in [2.45, 2.75) is 23.8 Å². The lowest BCUT2D eigenvalue weighted by atomic mass is 10.2. The van der Waals surface area contributed by atoms with Crippen molar-refractivity contribution in [3.8, 4) is 17.2 Å². The molecule has 4 aromatic rings. The van der Waals surface area contributed by atoms with E-state index in [1.807, 2.05) is 11.0 Å². The van der Waals surface area contributed by atoms with Crippen LogP contribution in [0.2, 0.25) is 0 Å². The van der Waals surface area contributed by atoms with Crippen molar-refractivity contribution in [3.05, 3.63) is 89.4 Å². The van der Waals surface area contributed by atoms with Crippen LogP contribution in [0.4, 0.5) is 24.7 Å². The monoisotopic (exact) mass is 571 g/mol. The van der Waals surface area contributed by atoms with E-state index in [0.29, 0.717) is 39.5 Å².